The predicted octanol–water partition coefficient (Wildman–Crippen LogP) is 3.06. The minimum Gasteiger partial charge on any atom is -0.352 e. The number of carbonyl (C=O) groups excluding carboxylic acids is 1. The van der Waals surface area contributed by atoms with E-state index < -0.39 is 0 Å². The highest BCUT2D eigenvalue weighted by molar-refractivity contribution is 14.1. The van der Waals surface area contributed by atoms with Crippen LogP contribution in [0.2, 0.25) is 0 Å². The van der Waals surface area contributed by atoms with E-state index in [1.54, 1.807) is 10.7 Å². The SMILES string of the molecule is O=C(NCCCCCCI)c1cnn2ccccc12. The number of alkyl halides is 1. The van der Waals surface area contributed by atoms with E-state index in [1.165, 1.54) is 23.7 Å². The standard InChI is InChI=1S/C14H18IN3O/c15-8-4-1-2-5-9-16-14(19)12-11-17-18-10-6-3-7-13(12)18/h3,6-7,10-11H,1-2,4-5,8-9H2,(H,16,19). The molecule has 2 aromatic rings. The third kappa shape index (κ3) is 3.92. The van der Waals surface area contributed by atoms with E-state index in [0.717, 1.165) is 18.5 Å². The molecule has 2 aromatic heterocycles. The third-order valence-corrected chi connectivity index (χ3v) is 3.78. The molecular weight excluding hydrogens is 353 g/mol. The maximum absolute atomic E-state index is 12.0. The molecule has 4 nitrogen and oxygen atoms in total. The van der Waals surface area contributed by atoms with Crippen LogP contribution in [0.5, 0.6) is 0 Å². The Labute approximate surface area is 126 Å². The van der Waals surface area contributed by atoms with Gasteiger partial charge >= 0.3 is 0 Å². The van der Waals surface area contributed by atoms with Gasteiger partial charge in [-0.3, -0.25) is 4.79 Å². The zero-order valence-corrected chi connectivity index (χ0v) is 13.0. The first-order valence-electron chi connectivity index (χ1n) is 6.59. The van der Waals surface area contributed by atoms with Gasteiger partial charge in [-0.15, -0.1) is 0 Å². The highest BCUT2D eigenvalue weighted by atomic mass is 127. The Morgan fingerprint density at radius 3 is 2.95 bits per heavy atom. The molecule has 0 unspecified atom stereocenters. The molecule has 0 radical (unpaired) electrons. The van der Waals surface area contributed by atoms with Crippen molar-refractivity contribution in [1.29, 1.82) is 0 Å². The summed E-state index contributed by atoms with van der Waals surface area (Å²) >= 11 is 2.40. The summed E-state index contributed by atoms with van der Waals surface area (Å²) in [5.41, 5.74) is 1.50. The van der Waals surface area contributed by atoms with Gasteiger partial charge in [-0.1, -0.05) is 41.5 Å². The monoisotopic (exact) mass is 371 g/mol. The molecule has 0 aliphatic heterocycles. The Bertz CT molecular complexity index is 538. The van der Waals surface area contributed by atoms with Gasteiger partial charge in [0, 0.05) is 12.7 Å². The van der Waals surface area contributed by atoms with Crippen molar-refractivity contribution in [1.82, 2.24) is 14.9 Å². The minimum atomic E-state index is -0.0323. The number of hydrogen-bond donors (Lipinski definition) is 1. The lowest BCUT2D eigenvalue weighted by molar-refractivity contribution is 0.0954. The topological polar surface area (TPSA) is 46.4 Å². The molecule has 102 valence electrons. The number of fused-ring (bicyclic) bond motifs is 1. The summed E-state index contributed by atoms with van der Waals surface area (Å²) in [4.78, 5) is 12.0. The maximum Gasteiger partial charge on any atom is 0.255 e. The molecule has 0 fully saturated rings. The van der Waals surface area contributed by atoms with E-state index in [0.29, 0.717) is 5.56 Å². The Morgan fingerprint density at radius 1 is 1.26 bits per heavy atom. The average Bonchev–Trinajstić information content (AvgIpc) is 2.86. The fourth-order valence-corrected chi connectivity index (χ4v) is 2.52. The molecule has 0 bridgehead atoms. The van der Waals surface area contributed by atoms with E-state index in [4.69, 9.17) is 0 Å². The van der Waals surface area contributed by atoms with Crippen LogP contribution in [0.3, 0.4) is 0 Å². The van der Waals surface area contributed by atoms with Gasteiger partial charge in [-0.2, -0.15) is 5.10 Å². The van der Waals surface area contributed by atoms with Crippen LogP contribution in [0.4, 0.5) is 0 Å². The zero-order valence-electron chi connectivity index (χ0n) is 10.8. The molecule has 0 saturated carbocycles. The molecule has 0 aliphatic carbocycles. The Kier molecular flexibility index (Phi) is 5.62. The number of unbranched alkanes of at least 4 members (excludes halogenated alkanes) is 3. The second-order valence-electron chi connectivity index (χ2n) is 4.45. The summed E-state index contributed by atoms with van der Waals surface area (Å²) in [6, 6.07) is 5.72. The van der Waals surface area contributed by atoms with Crippen LogP contribution < -0.4 is 5.32 Å². The smallest absolute Gasteiger partial charge is 0.255 e. The summed E-state index contributed by atoms with van der Waals surface area (Å²) in [5, 5.41) is 7.12. The van der Waals surface area contributed by atoms with Crippen LogP contribution in [-0.4, -0.2) is 26.5 Å². The fraction of sp³-hybridized carbons (Fsp3) is 0.429. The Morgan fingerprint density at radius 2 is 2.11 bits per heavy atom. The fourth-order valence-electron chi connectivity index (χ4n) is 1.98. The van der Waals surface area contributed by atoms with Crippen LogP contribution >= 0.6 is 22.6 Å². The van der Waals surface area contributed by atoms with Crippen molar-refractivity contribution in [2.75, 3.05) is 11.0 Å². The van der Waals surface area contributed by atoms with Crippen LogP contribution in [0, 0.1) is 0 Å². The molecule has 0 spiro atoms. The van der Waals surface area contributed by atoms with Crippen molar-refractivity contribution in [3.63, 3.8) is 0 Å². The lowest BCUT2D eigenvalue weighted by atomic mass is 10.2. The van der Waals surface area contributed by atoms with Crippen molar-refractivity contribution in [2.45, 2.75) is 25.7 Å². The molecular formula is C14H18IN3O. The molecule has 2 rings (SSSR count). The summed E-state index contributed by atoms with van der Waals surface area (Å²) in [6.07, 6.45) is 8.20. The van der Waals surface area contributed by atoms with Crippen molar-refractivity contribution >= 4 is 34.0 Å². The molecule has 1 amide bonds. The number of nitrogens with zero attached hydrogens (tertiary/aromatic N) is 2. The van der Waals surface area contributed by atoms with E-state index >= 15 is 0 Å². The number of aromatic nitrogens is 2. The maximum atomic E-state index is 12.0. The minimum absolute atomic E-state index is 0.0323. The summed E-state index contributed by atoms with van der Waals surface area (Å²) in [6.45, 7) is 0.740. The van der Waals surface area contributed by atoms with Crippen molar-refractivity contribution in [3.8, 4) is 0 Å². The number of pyridine rings is 1. The van der Waals surface area contributed by atoms with Gasteiger partial charge in [-0.05, 0) is 29.4 Å². The van der Waals surface area contributed by atoms with Crippen LogP contribution in [0.1, 0.15) is 36.0 Å². The second kappa shape index (κ2) is 7.47. The lowest BCUT2D eigenvalue weighted by Crippen LogP contribution is -2.24. The highest BCUT2D eigenvalue weighted by Gasteiger charge is 2.11. The normalized spacial score (nSPS) is 10.8. The molecule has 19 heavy (non-hydrogen) atoms. The first-order chi connectivity index (χ1) is 9.33. The predicted molar refractivity (Wildman–Crippen MR) is 84.9 cm³/mol. The second-order valence-corrected chi connectivity index (χ2v) is 5.53. The van der Waals surface area contributed by atoms with Crippen molar-refractivity contribution in [3.05, 3.63) is 36.2 Å². The molecule has 1 N–H and O–H groups in total. The van der Waals surface area contributed by atoms with Gasteiger partial charge < -0.3 is 5.32 Å². The largest absolute Gasteiger partial charge is 0.352 e. The number of amides is 1. The van der Waals surface area contributed by atoms with Crippen LogP contribution in [0.15, 0.2) is 30.6 Å². The van der Waals surface area contributed by atoms with Gasteiger partial charge in [0.1, 0.15) is 0 Å². The molecule has 0 aromatic carbocycles. The lowest BCUT2D eigenvalue weighted by Gasteiger charge is -2.03. The third-order valence-electron chi connectivity index (χ3n) is 3.02. The van der Waals surface area contributed by atoms with Crippen molar-refractivity contribution in [2.24, 2.45) is 0 Å². The van der Waals surface area contributed by atoms with Gasteiger partial charge in [0.15, 0.2) is 0 Å². The van der Waals surface area contributed by atoms with Gasteiger partial charge in [0.2, 0.25) is 0 Å². The molecule has 0 saturated heterocycles. The van der Waals surface area contributed by atoms with E-state index in [1.807, 2.05) is 24.4 Å². The molecule has 0 atom stereocenters. The molecule has 2 heterocycles. The quantitative estimate of drug-likeness (QED) is 0.462. The number of rotatable bonds is 7. The highest BCUT2D eigenvalue weighted by Crippen LogP contribution is 2.09. The van der Waals surface area contributed by atoms with Crippen LogP contribution in [-0.2, 0) is 0 Å². The van der Waals surface area contributed by atoms with Gasteiger partial charge in [0.25, 0.3) is 5.91 Å². The Balaban J connectivity index is 1.83. The van der Waals surface area contributed by atoms with E-state index in [9.17, 15) is 4.79 Å². The van der Waals surface area contributed by atoms with Crippen molar-refractivity contribution < 1.29 is 4.79 Å². The summed E-state index contributed by atoms with van der Waals surface area (Å²) < 4.78 is 2.93. The van der Waals surface area contributed by atoms with Gasteiger partial charge in [0.05, 0.1) is 17.3 Å². The first-order valence-corrected chi connectivity index (χ1v) is 8.12. The average molecular weight is 371 g/mol. The molecule has 5 heteroatoms. The van der Waals surface area contributed by atoms with Crippen LogP contribution in [0.25, 0.3) is 5.52 Å². The van der Waals surface area contributed by atoms with Gasteiger partial charge in [-0.25, -0.2) is 4.52 Å². The number of nitrogens with one attached hydrogen (secondary N) is 1. The van der Waals surface area contributed by atoms with E-state index in [2.05, 4.69) is 33.0 Å². The number of halogens is 1. The zero-order chi connectivity index (χ0) is 13.5. The summed E-state index contributed by atoms with van der Waals surface area (Å²) in [5.74, 6) is -0.0323. The number of hydrogen-bond acceptors (Lipinski definition) is 2. The Hall–Kier alpha value is -1.11. The number of carbonyl (C=O) groups is 1. The molecule has 0 aliphatic rings. The first kappa shape index (κ1) is 14.3. The summed E-state index contributed by atoms with van der Waals surface area (Å²) in [7, 11) is 0. The van der Waals surface area contributed by atoms with E-state index in [-0.39, 0.29) is 5.91 Å².